The highest BCUT2D eigenvalue weighted by molar-refractivity contribution is 5.78. The standard InChI is InChI=1S/C22H28N2O4/c1-17-3-5-18(6-4-17)21(15-24-11-13-27-14-12-24)23-22(25)16-28-20-9-7-19(26-2)8-10-20/h3-10,21H,11-16H2,1-2H3,(H,23,25)/t21-/m0/s1. The molecular weight excluding hydrogens is 356 g/mol. The number of benzene rings is 2. The van der Waals surface area contributed by atoms with E-state index in [1.807, 2.05) is 0 Å². The molecule has 0 aliphatic carbocycles. The van der Waals surface area contributed by atoms with Gasteiger partial charge in [-0.2, -0.15) is 0 Å². The van der Waals surface area contributed by atoms with Gasteiger partial charge in [0.25, 0.3) is 5.91 Å². The van der Waals surface area contributed by atoms with Crippen molar-refractivity contribution < 1.29 is 19.0 Å². The van der Waals surface area contributed by atoms with Crippen molar-refractivity contribution >= 4 is 5.91 Å². The third-order valence-electron chi connectivity index (χ3n) is 4.79. The van der Waals surface area contributed by atoms with Crippen LogP contribution in [0.5, 0.6) is 11.5 Å². The number of methoxy groups -OCH3 is 1. The molecule has 0 bridgehead atoms. The fourth-order valence-electron chi connectivity index (χ4n) is 3.13. The van der Waals surface area contributed by atoms with E-state index >= 15 is 0 Å². The second-order valence-corrected chi connectivity index (χ2v) is 6.91. The van der Waals surface area contributed by atoms with Crippen LogP contribution in [0.1, 0.15) is 17.2 Å². The summed E-state index contributed by atoms with van der Waals surface area (Å²) in [7, 11) is 1.61. The smallest absolute Gasteiger partial charge is 0.258 e. The number of hydrogen-bond acceptors (Lipinski definition) is 5. The van der Waals surface area contributed by atoms with E-state index in [0.29, 0.717) is 5.75 Å². The van der Waals surface area contributed by atoms with Crippen molar-refractivity contribution in [3.63, 3.8) is 0 Å². The first-order valence-corrected chi connectivity index (χ1v) is 9.57. The van der Waals surface area contributed by atoms with Crippen molar-refractivity contribution in [1.82, 2.24) is 10.2 Å². The Hall–Kier alpha value is -2.57. The fourth-order valence-corrected chi connectivity index (χ4v) is 3.13. The Morgan fingerprint density at radius 2 is 1.71 bits per heavy atom. The van der Waals surface area contributed by atoms with Gasteiger partial charge >= 0.3 is 0 Å². The van der Waals surface area contributed by atoms with Crippen LogP contribution < -0.4 is 14.8 Å². The molecule has 1 amide bonds. The zero-order valence-corrected chi connectivity index (χ0v) is 16.5. The quantitative estimate of drug-likeness (QED) is 0.758. The predicted molar refractivity (Wildman–Crippen MR) is 108 cm³/mol. The molecule has 2 aromatic carbocycles. The van der Waals surface area contributed by atoms with Gasteiger partial charge in [0.05, 0.1) is 26.4 Å². The van der Waals surface area contributed by atoms with Gasteiger partial charge in [0.1, 0.15) is 11.5 Å². The maximum Gasteiger partial charge on any atom is 0.258 e. The van der Waals surface area contributed by atoms with E-state index in [2.05, 4.69) is 41.4 Å². The summed E-state index contributed by atoms with van der Waals surface area (Å²) in [6, 6.07) is 15.4. The minimum Gasteiger partial charge on any atom is -0.497 e. The summed E-state index contributed by atoms with van der Waals surface area (Å²) in [6.07, 6.45) is 0. The molecule has 0 radical (unpaired) electrons. The Bertz CT molecular complexity index is 740. The molecule has 1 N–H and O–H groups in total. The van der Waals surface area contributed by atoms with Crippen LogP contribution in [0.2, 0.25) is 0 Å². The minimum atomic E-state index is -0.144. The van der Waals surface area contributed by atoms with Crippen LogP contribution >= 0.6 is 0 Å². The van der Waals surface area contributed by atoms with E-state index < -0.39 is 0 Å². The third kappa shape index (κ3) is 5.97. The van der Waals surface area contributed by atoms with E-state index in [9.17, 15) is 4.79 Å². The molecule has 1 aliphatic rings. The molecule has 0 aromatic heterocycles. The van der Waals surface area contributed by atoms with Gasteiger partial charge in [0, 0.05) is 19.6 Å². The number of morpholine rings is 1. The Kier molecular flexibility index (Phi) is 7.28. The summed E-state index contributed by atoms with van der Waals surface area (Å²) >= 11 is 0. The lowest BCUT2D eigenvalue weighted by molar-refractivity contribution is -0.124. The maximum absolute atomic E-state index is 12.5. The monoisotopic (exact) mass is 384 g/mol. The molecule has 1 heterocycles. The highest BCUT2D eigenvalue weighted by Gasteiger charge is 2.20. The second kappa shape index (κ2) is 10.1. The van der Waals surface area contributed by atoms with Crippen LogP contribution in [0.4, 0.5) is 0 Å². The molecule has 0 saturated carbocycles. The van der Waals surface area contributed by atoms with Gasteiger partial charge in [-0.15, -0.1) is 0 Å². The average Bonchev–Trinajstić information content (AvgIpc) is 2.73. The van der Waals surface area contributed by atoms with E-state index in [4.69, 9.17) is 14.2 Å². The van der Waals surface area contributed by atoms with Crippen molar-refractivity contribution in [2.75, 3.05) is 46.6 Å². The molecule has 6 heteroatoms. The van der Waals surface area contributed by atoms with E-state index in [-0.39, 0.29) is 18.6 Å². The molecule has 1 saturated heterocycles. The lowest BCUT2D eigenvalue weighted by Gasteiger charge is -2.31. The lowest BCUT2D eigenvalue weighted by Crippen LogP contribution is -2.44. The van der Waals surface area contributed by atoms with Gasteiger partial charge in [0.2, 0.25) is 0 Å². The van der Waals surface area contributed by atoms with Gasteiger partial charge in [-0.3, -0.25) is 9.69 Å². The third-order valence-corrected chi connectivity index (χ3v) is 4.79. The van der Waals surface area contributed by atoms with Gasteiger partial charge < -0.3 is 19.5 Å². The lowest BCUT2D eigenvalue weighted by atomic mass is 10.0. The first-order chi connectivity index (χ1) is 13.6. The number of amides is 1. The predicted octanol–water partition coefficient (Wildman–Crippen LogP) is 2.57. The van der Waals surface area contributed by atoms with Crippen molar-refractivity contribution in [3.8, 4) is 11.5 Å². The van der Waals surface area contributed by atoms with Crippen LogP contribution in [-0.2, 0) is 9.53 Å². The SMILES string of the molecule is COc1ccc(OCC(=O)N[C@@H](CN2CCOCC2)c2ccc(C)cc2)cc1. The molecule has 1 atom stereocenters. The average molecular weight is 384 g/mol. The topological polar surface area (TPSA) is 60.0 Å². The van der Waals surface area contributed by atoms with Crippen molar-refractivity contribution in [3.05, 3.63) is 59.7 Å². The van der Waals surface area contributed by atoms with Crippen LogP contribution in [0, 0.1) is 6.92 Å². The molecular formula is C22H28N2O4. The molecule has 2 aromatic rings. The van der Waals surface area contributed by atoms with Crippen molar-refractivity contribution in [2.45, 2.75) is 13.0 Å². The first kappa shape index (κ1) is 20.2. The molecule has 1 aliphatic heterocycles. The summed E-state index contributed by atoms with van der Waals surface area (Å²) in [5.74, 6) is 1.24. The Morgan fingerprint density at radius 1 is 1.07 bits per heavy atom. The molecule has 0 unspecified atom stereocenters. The number of nitrogens with zero attached hydrogens (tertiary/aromatic N) is 1. The van der Waals surface area contributed by atoms with Crippen LogP contribution in [0.3, 0.4) is 0 Å². The molecule has 150 valence electrons. The largest absolute Gasteiger partial charge is 0.497 e. The summed E-state index contributed by atoms with van der Waals surface area (Å²) in [5, 5.41) is 3.12. The van der Waals surface area contributed by atoms with Crippen LogP contribution in [0.25, 0.3) is 0 Å². The maximum atomic E-state index is 12.5. The van der Waals surface area contributed by atoms with Gasteiger partial charge in [0.15, 0.2) is 6.61 Å². The Morgan fingerprint density at radius 3 is 2.36 bits per heavy atom. The summed E-state index contributed by atoms with van der Waals surface area (Å²) in [5.41, 5.74) is 2.29. The number of nitrogens with one attached hydrogen (secondary N) is 1. The fraction of sp³-hybridized carbons (Fsp3) is 0.409. The molecule has 3 rings (SSSR count). The summed E-state index contributed by atoms with van der Waals surface area (Å²) < 4.78 is 16.2. The van der Waals surface area contributed by atoms with Crippen molar-refractivity contribution in [2.24, 2.45) is 0 Å². The zero-order valence-electron chi connectivity index (χ0n) is 16.5. The van der Waals surface area contributed by atoms with Gasteiger partial charge in [-0.25, -0.2) is 0 Å². The molecule has 0 spiro atoms. The summed E-state index contributed by atoms with van der Waals surface area (Å²) in [6.45, 7) is 5.99. The number of hydrogen-bond donors (Lipinski definition) is 1. The second-order valence-electron chi connectivity index (χ2n) is 6.91. The Balaban J connectivity index is 1.60. The van der Waals surface area contributed by atoms with E-state index in [0.717, 1.165) is 44.2 Å². The van der Waals surface area contributed by atoms with Gasteiger partial charge in [-0.05, 0) is 36.8 Å². The number of rotatable bonds is 8. The number of ether oxygens (including phenoxy) is 3. The van der Waals surface area contributed by atoms with Crippen molar-refractivity contribution in [1.29, 1.82) is 0 Å². The molecule has 6 nitrogen and oxygen atoms in total. The van der Waals surface area contributed by atoms with Gasteiger partial charge in [-0.1, -0.05) is 29.8 Å². The van der Waals surface area contributed by atoms with Crippen LogP contribution in [-0.4, -0.2) is 57.4 Å². The Labute approximate surface area is 166 Å². The summed E-state index contributed by atoms with van der Waals surface area (Å²) in [4.78, 5) is 14.8. The number of carbonyl (C=O) groups is 1. The molecule has 28 heavy (non-hydrogen) atoms. The normalized spacial score (nSPS) is 15.6. The highest BCUT2D eigenvalue weighted by Crippen LogP contribution is 2.18. The zero-order chi connectivity index (χ0) is 19.8. The van der Waals surface area contributed by atoms with E-state index in [1.54, 1.807) is 31.4 Å². The van der Waals surface area contributed by atoms with E-state index in [1.165, 1.54) is 5.56 Å². The number of carbonyl (C=O) groups excluding carboxylic acids is 1. The minimum absolute atomic E-state index is 0.0300. The molecule has 1 fully saturated rings. The first-order valence-electron chi connectivity index (χ1n) is 9.57. The van der Waals surface area contributed by atoms with Crippen LogP contribution in [0.15, 0.2) is 48.5 Å². The number of aryl methyl sites for hydroxylation is 1. The highest BCUT2D eigenvalue weighted by atomic mass is 16.5.